The smallest absolute Gasteiger partial charge is 0.337 e. The van der Waals surface area contributed by atoms with Gasteiger partial charge in [-0.05, 0) is 36.5 Å². The minimum atomic E-state index is -1.04. The Balaban J connectivity index is 1.69. The number of rotatable bonds is 5. The second kappa shape index (κ2) is 8.54. The molecule has 2 aromatic carbocycles. The summed E-state index contributed by atoms with van der Waals surface area (Å²) in [6, 6.07) is 14.1. The number of amides is 2. The third kappa shape index (κ3) is 3.86. The number of nitrogens with zero attached hydrogens (tertiary/aromatic N) is 2. The number of carbonyl (C=O) groups is 2. The largest absolute Gasteiger partial charge is 0.381 e. The van der Waals surface area contributed by atoms with Crippen LogP contribution in [0.2, 0.25) is 0 Å². The average Bonchev–Trinajstić information content (AvgIpc) is 3.04. The molecule has 0 spiro atoms. The van der Waals surface area contributed by atoms with Crippen LogP contribution in [0.4, 0.5) is 4.79 Å². The van der Waals surface area contributed by atoms with Crippen molar-refractivity contribution in [3.05, 3.63) is 70.6 Å². The summed E-state index contributed by atoms with van der Waals surface area (Å²) < 4.78 is 8.11. The molecule has 156 valence electrons. The lowest BCUT2D eigenvalue weighted by molar-refractivity contribution is -0.119. The minimum Gasteiger partial charge on any atom is -0.381 e. The van der Waals surface area contributed by atoms with Crippen molar-refractivity contribution in [3.63, 3.8) is 0 Å². The van der Waals surface area contributed by atoms with E-state index >= 15 is 0 Å². The highest BCUT2D eigenvalue weighted by Crippen LogP contribution is 2.20. The Morgan fingerprint density at radius 1 is 1.03 bits per heavy atom. The Morgan fingerprint density at radius 2 is 1.67 bits per heavy atom. The third-order valence-electron chi connectivity index (χ3n) is 5.51. The topological polar surface area (TPSA) is 108 Å². The van der Waals surface area contributed by atoms with Gasteiger partial charge in [-0.2, -0.15) is 0 Å². The van der Waals surface area contributed by atoms with Gasteiger partial charge in [0.1, 0.15) is 6.04 Å². The van der Waals surface area contributed by atoms with Gasteiger partial charge < -0.3 is 15.8 Å². The highest BCUT2D eigenvalue weighted by Gasteiger charge is 2.25. The quantitative estimate of drug-likeness (QED) is 0.673. The van der Waals surface area contributed by atoms with Gasteiger partial charge in [-0.25, -0.2) is 14.2 Å². The molecular formula is C22H24N4O4. The van der Waals surface area contributed by atoms with Crippen LogP contribution in [0.25, 0.3) is 11.0 Å². The molecule has 0 saturated carbocycles. The Hall–Kier alpha value is -3.39. The second-order valence-electron chi connectivity index (χ2n) is 7.47. The molecule has 2 heterocycles. The SMILES string of the molecule is NC(=O)[C@@H](NC(=O)n1c(=O)n(CC2CCOCC2)c2ccccc21)c1ccccc1. The molecule has 0 bridgehead atoms. The molecule has 1 fully saturated rings. The van der Waals surface area contributed by atoms with E-state index in [1.54, 1.807) is 47.0 Å². The first-order valence-electron chi connectivity index (χ1n) is 9.99. The van der Waals surface area contributed by atoms with E-state index in [0.717, 1.165) is 17.4 Å². The molecule has 1 aliphatic rings. The van der Waals surface area contributed by atoms with Gasteiger partial charge in [0.05, 0.1) is 11.0 Å². The molecule has 2 amide bonds. The van der Waals surface area contributed by atoms with E-state index in [9.17, 15) is 14.4 Å². The maximum atomic E-state index is 13.2. The minimum absolute atomic E-state index is 0.307. The fraction of sp³-hybridized carbons (Fsp3) is 0.318. The number of fused-ring (bicyclic) bond motifs is 1. The van der Waals surface area contributed by atoms with Crippen molar-refractivity contribution in [1.29, 1.82) is 0 Å². The van der Waals surface area contributed by atoms with Gasteiger partial charge in [0, 0.05) is 19.8 Å². The molecule has 3 aromatic rings. The molecule has 1 saturated heterocycles. The van der Waals surface area contributed by atoms with Crippen molar-refractivity contribution in [2.75, 3.05) is 13.2 Å². The summed E-state index contributed by atoms with van der Waals surface area (Å²) in [6.07, 6.45) is 1.74. The van der Waals surface area contributed by atoms with Gasteiger partial charge in [0.2, 0.25) is 5.91 Å². The number of nitrogens with two attached hydrogens (primary N) is 1. The number of carbonyl (C=O) groups excluding carboxylic acids is 2. The molecule has 30 heavy (non-hydrogen) atoms. The second-order valence-corrected chi connectivity index (χ2v) is 7.47. The molecule has 1 aromatic heterocycles. The van der Waals surface area contributed by atoms with E-state index in [4.69, 9.17) is 10.5 Å². The van der Waals surface area contributed by atoms with E-state index in [0.29, 0.717) is 42.3 Å². The first kappa shape index (κ1) is 19.9. The van der Waals surface area contributed by atoms with Crippen LogP contribution >= 0.6 is 0 Å². The zero-order valence-electron chi connectivity index (χ0n) is 16.5. The molecule has 0 radical (unpaired) electrons. The molecule has 0 unspecified atom stereocenters. The van der Waals surface area contributed by atoms with Crippen molar-refractivity contribution < 1.29 is 14.3 Å². The van der Waals surface area contributed by atoms with Crippen molar-refractivity contribution in [2.24, 2.45) is 11.7 Å². The van der Waals surface area contributed by atoms with Crippen LogP contribution in [0.3, 0.4) is 0 Å². The summed E-state index contributed by atoms with van der Waals surface area (Å²) in [5.41, 5.74) is 6.81. The summed E-state index contributed by atoms with van der Waals surface area (Å²) in [6.45, 7) is 1.87. The Bertz CT molecular complexity index is 1110. The zero-order chi connectivity index (χ0) is 21.1. The summed E-state index contributed by atoms with van der Waals surface area (Å²) in [5.74, 6) is -0.394. The van der Waals surface area contributed by atoms with E-state index < -0.39 is 23.7 Å². The molecule has 4 rings (SSSR count). The van der Waals surface area contributed by atoms with Crippen LogP contribution in [-0.2, 0) is 16.1 Å². The predicted molar refractivity (Wildman–Crippen MR) is 112 cm³/mol. The average molecular weight is 408 g/mol. The molecule has 8 heteroatoms. The van der Waals surface area contributed by atoms with Crippen LogP contribution in [0, 0.1) is 5.92 Å². The summed E-state index contributed by atoms with van der Waals surface area (Å²) in [4.78, 5) is 38.3. The number of hydrogen-bond acceptors (Lipinski definition) is 4. The third-order valence-corrected chi connectivity index (χ3v) is 5.51. The van der Waals surface area contributed by atoms with Crippen molar-refractivity contribution in [2.45, 2.75) is 25.4 Å². The van der Waals surface area contributed by atoms with E-state index in [1.165, 1.54) is 0 Å². The van der Waals surface area contributed by atoms with Crippen molar-refractivity contribution in [1.82, 2.24) is 14.5 Å². The standard InChI is InChI=1S/C22H24N4O4/c23-20(27)19(16-6-2-1-3-7-16)24-21(28)26-18-9-5-4-8-17(18)25(22(26)29)14-15-10-12-30-13-11-15/h1-9,15,19H,10-14H2,(H2,23,27)(H,24,28)/t19-/m0/s1. The van der Waals surface area contributed by atoms with Crippen molar-refractivity contribution >= 4 is 23.0 Å². The first-order chi connectivity index (χ1) is 14.6. The van der Waals surface area contributed by atoms with Gasteiger partial charge in [0.15, 0.2) is 0 Å². The number of aromatic nitrogens is 2. The highest BCUT2D eigenvalue weighted by atomic mass is 16.5. The van der Waals surface area contributed by atoms with Crippen molar-refractivity contribution in [3.8, 4) is 0 Å². The van der Waals surface area contributed by atoms with E-state index in [-0.39, 0.29) is 0 Å². The van der Waals surface area contributed by atoms with Gasteiger partial charge in [-0.1, -0.05) is 42.5 Å². The maximum absolute atomic E-state index is 13.2. The lowest BCUT2D eigenvalue weighted by Gasteiger charge is -2.22. The van der Waals surface area contributed by atoms with Gasteiger partial charge in [-0.3, -0.25) is 9.36 Å². The van der Waals surface area contributed by atoms with E-state index in [1.807, 2.05) is 12.1 Å². The summed E-state index contributed by atoms with van der Waals surface area (Å²) >= 11 is 0. The molecule has 8 nitrogen and oxygen atoms in total. The molecule has 1 atom stereocenters. The lowest BCUT2D eigenvalue weighted by atomic mass is 10.0. The first-order valence-corrected chi connectivity index (χ1v) is 9.99. The van der Waals surface area contributed by atoms with Gasteiger partial charge >= 0.3 is 11.7 Å². The van der Waals surface area contributed by atoms with Crippen LogP contribution in [0.5, 0.6) is 0 Å². The molecule has 0 aliphatic carbocycles. The predicted octanol–water partition coefficient (Wildman–Crippen LogP) is 2.01. The number of para-hydroxylation sites is 2. The van der Waals surface area contributed by atoms with Crippen LogP contribution in [-0.4, -0.2) is 34.3 Å². The zero-order valence-corrected chi connectivity index (χ0v) is 16.5. The molecule has 1 aliphatic heterocycles. The number of ether oxygens (including phenoxy) is 1. The van der Waals surface area contributed by atoms with Crippen LogP contribution in [0.1, 0.15) is 24.4 Å². The number of imidazole rings is 1. The molecule has 3 N–H and O–H groups in total. The summed E-state index contributed by atoms with van der Waals surface area (Å²) in [5, 5.41) is 2.62. The number of hydrogen-bond donors (Lipinski definition) is 2. The normalized spacial score (nSPS) is 15.7. The number of nitrogens with one attached hydrogen (secondary N) is 1. The molecular weight excluding hydrogens is 384 g/mol. The monoisotopic (exact) mass is 408 g/mol. The fourth-order valence-corrected chi connectivity index (χ4v) is 3.92. The van der Waals surface area contributed by atoms with Gasteiger partial charge in [0.25, 0.3) is 0 Å². The maximum Gasteiger partial charge on any atom is 0.337 e. The summed E-state index contributed by atoms with van der Waals surface area (Å²) in [7, 11) is 0. The Kier molecular flexibility index (Phi) is 5.67. The highest BCUT2D eigenvalue weighted by molar-refractivity contribution is 5.92. The van der Waals surface area contributed by atoms with E-state index in [2.05, 4.69) is 5.32 Å². The number of benzene rings is 2. The lowest BCUT2D eigenvalue weighted by Crippen LogP contribution is -2.43. The Morgan fingerprint density at radius 3 is 2.33 bits per heavy atom. The van der Waals surface area contributed by atoms with Crippen LogP contribution < -0.4 is 16.7 Å². The fourth-order valence-electron chi connectivity index (χ4n) is 3.92. The van der Waals surface area contributed by atoms with Gasteiger partial charge in [-0.15, -0.1) is 0 Å². The Labute approximate surface area is 173 Å². The van der Waals surface area contributed by atoms with Crippen LogP contribution in [0.15, 0.2) is 59.4 Å². The number of primary amides is 1.